The van der Waals surface area contributed by atoms with Gasteiger partial charge < -0.3 is 19.8 Å². The topological polar surface area (TPSA) is 52.9 Å². The van der Waals surface area contributed by atoms with Gasteiger partial charge in [-0.2, -0.15) is 0 Å². The molecule has 5 heteroatoms. The molecule has 0 amide bonds. The molecule has 1 fully saturated rings. The average Bonchev–Trinajstić information content (AvgIpc) is 3.33. The van der Waals surface area contributed by atoms with E-state index in [0.29, 0.717) is 6.61 Å². The van der Waals surface area contributed by atoms with Crippen LogP contribution >= 0.6 is 11.8 Å². The number of rotatable bonds is 6. The molecule has 0 saturated carbocycles. The maximum atomic E-state index is 9.94. The highest BCUT2D eigenvalue weighted by Crippen LogP contribution is 2.47. The van der Waals surface area contributed by atoms with Crippen LogP contribution in [-0.2, 0) is 0 Å². The van der Waals surface area contributed by atoms with Gasteiger partial charge in [0, 0.05) is 40.7 Å². The molecule has 32 heavy (non-hydrogen) atoms. The van der Waals surface area contributed by atoms with Gasteiger partial charge in [-0.1, -0.05) is 30.3 Å². The van der Waals surface area contributed by atoms with Gasteiger partial charge in [0.2, 0.25) is 0 Å². The monoisotopic (exact) mass is 447 g/mol. The molecule has 2 atom stereocenters. The number of benzene rings is 3. The molecule has 4 nitrogen and oxygen atoms in total. The minimum absolute atomic E-state index is 0.118. The van der Waals surface area contributed by atoms with Crippen molar-refractivity contribution in [3.8, 4) is 17.2 Å². The van der Waals surface area contributed by atoms with Crippen LogP contribution in [0.5, 0.6) is 17.2 Å². The van der Waals surface area contributed by atoms with E-state index >= 15 is 0 Å². The maximum absolute atomic E-state index is 9.94. The van der Waals surface area contributed by atoms with Crippen LogP contribution in [0.4, 0.5) is 0 Å². The lowest BCUT2D eigenvalue weighted by Gasteiger charge is -2.34. The van der Waals surface area contributed by atoms with Crippen molar-refractivity contribution in [3.05, 3.63) is 83.4 Å². The molecule has 2 aliphatic rings. The number of aromatic hydroxyl groups is 2. The first-order chi connectivity index (χ1) is 15.7. The molecule has 3 aromatic rings. The van der Waals surface area contributed by atoms with Gasteiger partial charge >= 0.3 is 0 Å². The number of fused-ring (bicyclic) bond motifs is 1. The quantitative estimate of drug-likeness (QED) is 0.482. The number of phenols is 2. The van der Waals surface area contributed by atoms with Gasteiger partial charge in [-0.25, -0.2) is 0 Å². The Balaban J connectivity index is 1.39. The highest BCUT2D eigenvalue weighted by atomic mass is 32.2. The summed E-state index contributed by atoms with van der Waals surface area (Å²) in [4.78, 5) is 3.85. The fourth-order valence-electron chi connectivity index (χ4n) is 4.89. The van der Waals surface area contributed by atoms with Crippen molar-refractivity contribution >= 4 is 11.8 Å². The Kier molecular flexibility index (Phi) is 6.28. The standard InChI is InChI=1S/C27H29NO3S/c29-21-7-3-19(4-8-21)25-18-31-26-17-22(30)9-12-24(26)27(25)20-5-10-23(11-6-20)32-16-15-28-13-1-2-14-28/h3-12,17,25,27,29-30H,1-2,13-16,18H2/t25-,27?/m1/s1. The highest BCUT2D eigenvalue weighted by Gasteiger charge is 2.33. The Morgan fingerprint density at radius 1 is 0.844 bits per heavy atom. The van der Waals surface area contributed by atoms with Crippen LogP contribution in [0.1, 0.15) is 41.4 Å². The summed E-state index contributed by atoms with van der Waals surface area (Å²) in [5.41, 5.74) is 3.46. The predicted molar refractivity (Wildman–Crippen MR) is 129 cm³/mol. The van der Waals surface area contributed by atoms with Gasteiger partial charge in [0.15, 0.2) is 0 Å². The number of thioether (sulfide) groups is 1. The minimum Gasteiger partial charge on any atom is -0.508 e. The number of phenolic OH excluding ortho intramolecular Hbond substituents is 2. The maximum Gasteiger partial charge on any atom is 0.126 e. The molecule has 166 valence electrons. The van der Waals surface area contributed by atoms with E-state index in [4.69, 9.17) is 4.74 Å². The zero-order valence-electron chi connectivity index (χ0n) is 18.1. The normalized spacial score (nSPS) is 20.6. The van der Waals surface area contributed by atoms with E-state index in [1.54, 1.807) is 24.3 Å². The molecular formula is C27H29NO3S. The van der Waals surface area contributed by atoms with E-state index in [1.165, 1.54) is 36.4 Å². The van der Waals surface area contributed by atoms with E-state index in [-0.39, 0.29) is 23.3 Å². The van der Waals surface area contributed by atoms with Crippen molar-refractivity contribution in [2.45, 2.75) is 29.6 Å². The first kappa shape index (κ1) is 21.2. The summed E-state index contributed by atoms with van der Waals surface area (Å²) in [5.74, 6) is 2.59. The number of nitrogens with zero attached hydrogens (tertiary/aromatic N) is 1. The highest BCUT2D eigenvalue weighted by molar-refractivity contribution is 7.99. The summed E-state index contributed by atoms with van der Waals surface area (Å²) in [6, 6.07) is 21.8. The molecule has 1 saturated heterocycles. The second-order valence-electron chi connectivity index (χ2n) is 8.68. The molecule has 0 bridgehead atoms. The Labute approximate surface area is 193 Å². The van der Waals surface area contributed by atoms with Crippen molar-refractivity contribution in [3.63, 3.8) is 0 Å². The fraction of sp³-hybridized carbons (Fsp3) is 0.333. The summed E-state index contributed by atoms with van der Waals surface area (Å²) < 4.78 is 6.05. The molecule has 3 aromatic carbocycles. The van der Waals surface area contributed by atoms with Gasteiger partial charge in [-0.05, 0) is 67.4 Å². The molecule has 0 spiro atoms. The van der Waals surface area contributed by atoms with E-state index in [9.17, 15) is 10.2 Å². The number of hydrogen-bond donors (Lipinski definition) is 2. The van der Waals surface area contributed by atoms with Crippen molar-refractivity contribution in [2.24, 2.45) is 0 Å². The van der Waals surface area contributed by atoms with E-state index in [0.717, 1.165) is 29.2 Å². The third-order valence-electron chi connectivity index (χ3n) is 6.59. The molecule has 1 unspecified atom stereocenters. The van der Waals surface area contributed by atoms with Gasteiger partial charge in [-0.3, -0.25) is 0 Å². The second kappa shape index (κ2) is 9.47. The fourth-order valence-corrected chi connectivity index (χ4v) is 5.80. The first-order valence-electron chi connectivity index (χ1n) is 11.4. The van der Waals surface area contributed by atoms with Gasteiger partial charge in [0.05, 0.1) is 6.61 Å². The summed E-state index contributed by atoms with van der Waals surface area (Å²) in [6.45, 7) is 4.18. The number of likely N-dealkylation sites (tertiary alicyclic amines) is 1. The lowest BCUT2D eigenvalue weighted by Crippen LogP contribution is -2.25. The molecule has 2 N–H and O–H groups in total. The molecule has 2 aliphatic heterocycles. The van der Waals surface area contributed by atoms with Crippen molar-refractivity contribution in [1.82, 2.24) is 4.90 Å². The van der Waals surface area contributed by atoms with Crippen LogP contribution < -0.4 is 4.74 Å². The van der Waals surface area contributed by atoms with Crippen LogP contribution in [-0.4, -0.2) is 47.1 Å². The van der Waals surface area contributed by atoms with Crippen LogP contribution in [0.2, 0.25) is 0 Å². The molecule has 0 radical (unpaired) electrons. The van der Waals surface area contributed by atoms with E-state index in [1.807, 2.05) is 30.0 Å². The minimum atomic E-state index is 0.118. The van der Waals surface area contributed by atoms with Crippen LogP contribution in [0.25, 0.3) is 0 Å². The Bertz CT molecular complexity index is 1050. The van der Waals surface area contributed by atoms with Gasteiger partial charge in [-0.15, -0.1) is 11.8 Å². The second-order valence-corrected chi connectivity index (χ2v) is 9.84. The zero-order chi connectivity index (χ0) is 21.9. The predicted octanol–water partition coefficient (Wildman–Crippen LogP) is 5.59. The average molecular weight is 448 g/mol. The van der Waals surface area contributed by atoms with Crippen molar-refractivity contribution < 1.29 is 14.9 Å². The van der Waals surface area contributed by atoms with Crippen LogP contribution in [0.15, 0.2) is 71.6 Å². The SMILES string of the molecule is Oc1ccc([C@H]2COc3cc(O)ccc3C2c2ccc(SCCN3CCCC3)cc2)cc1. The smallest absolute Gasteiger partial charge is 0.126 e. The third-order valence-corrected chi connectivity index (χ3v) is 7.58. The summed E-state index contributed by atoms with van der Waals surface area (Å²) >= 11 is 1.92. The molecule has 2 heterocycles. The Hall–Kier alpha value is -2.63. The summed E-state index contributed by atoms with van der Waals surface area (Å²) in [5, 5.41) is 19.7. The molecule has 0 aliphatic carbocycles. The number of hydrogen-bond acceptors (Lipinski definition) is 5. The molecule has 5 rings (SSSR count). The van der Waals surface area contributed by atoms with E-state index < -0.39 is 0 Å². The largest absolute Gasteiger partial charge is 0.508 e. The third kappa shape index (κ3) is 4.59. The van der Waals surface area contributed by atoms with Gasteiger partial charge in [0.1, 0.15) is 17.2 Å². The summed E-state index contributed by atoms with van der Waals surface area (Å²) in [7, 11) is 0. The molecular weight excluding hydrogens is 418 g/mol. The Morgan fingerprint density at radius 2 is 1.53 bits per heavy atom. The number of ether oxygens (including phenoxy) is 1. The first-order valence-corrected chi connectivity index (χ1v) is 12.4. The van der Waals surface area contributed by atoms with E-state index in [2.05, 4.69) is 29.2 Å². The van der Waals surface area contributed by atoms with Crippen molar-refractivity contribution in [1.29, 1.82) is 0 Å². The lowest BCUT2D eigenvalue weighted by molar-refractivity contribution is 0.247. The van der Waals surface area contributed by atoms with Crippen LogP contribution in [0.3, 0.4) is 0 Å². The Morgan fingerprint density at radius 3 is 2.28 bits per heavy atom. The molecule has 0 aromatic heterocycles. The van der Waals surface area contributed by atoms with Gasteiger partial charge in [0.25, 0.3) is 0 Å². The van der Waals surface area contributed by atoms with Crippen LogP contribution in [0, 0.1) is 0 Å². The van der Waals surface area contributed by atoms with Crippen molar-refractivity contribution in [2.75, 3.05) is 32.0 Å². The zero-order valence-corrected chi connectivity index (χ0v) is 18.9. The summed E-state index contributed by atoms with van der Waals surface area (Å²) in [6.07, 6.45) is 2.68. The lowest BCUT2D eigenvalue weighted by atomic mass is 9.76.